The van der Waals surface area contributed by atoms with Crippen LogP contribution in [0.5, 0.6) is 0 Å². The van der Waals surface area contributed by atoms with Crippen molar-refractivity contribution in [2.45, 2.75) is 38.6 Å². The summed E-state index contributed by atoms with van der Waals surface area (Å²) >= 11 is 0. The number of nitrogens with one attached hydrogen (secondary N) is 1. The highest BCUT2D eigenvalue weighted by atomic mass is 19.1. The van der Waals surface area contributed by atoms with Gasteiger partial charge in [0.15, 0.2) is 5.82 Å². The van der Waals surface area contributed by atoms with E-state index in [4.69, 9.17) is 0 Å². The van der Waals surface area contributed by atoms with Crippen LogP contribution in [-0.4, -0.2) is 35.2 Å². The molecule has 4 rings (SSSR count). The maximum Gasteiger partial charge on any atom is 0.225 e. The summed E-state index contributed by atoms with van der Waals surface area (Å²) in [6.07, 6.45) is 3.70. The normalized spacial score (nSPS) is 17.1. The molecule has 1 N–H and O–H groups in total. The monoisotopic (exact) mass is 432 g/mol. The summed E-state index contributed by atoms with van der Waals surface area (Å²) in [5.74, 6) is 0.559. The fourth-order valence-electron chi connectivity index (χ4n) is 4.13. The van der Waals surface area contributed by atoms with E-state index < -0.39 is 0 Å². The van der Waals surface area contributed by atoms with Crippen LogP contribution in [0, 0.1) is 11.7 Å². The van der Waals surface area contributed by atoms with Crippen molar-refractivity contribution in [2.75, 3.05) is 18.0 Å². The number of halogens is 1. The average Bonchev–Trinajstić information content (AvgIpc) is 2.84. The lowest BCUT2D eigenvalue weighted by Gasteiger charge is -2.33. The minimum atomic E-state index is -0.273. The van der Waals surface area contributed by atoms with Gasteiger partial charge in [0.05, 0.1) is 11.6 Å². The van der Waals surface area contributed by atoms with Crippen molar-refractivity contribution in [3.8, 4) is 11.3 Å². The van der Waals surface area contributed by atoms with Crippen LogP contribution >= 0.6 is 0 Å². The lowest BCUT2D eigenvalue weighted by Crippen LogP contribution is -2.45. The Morgan fingerprint density at radius 2 is 1.88 bits per heavy atom. The molecule has 0 aliphatic carbocycles. The van der Waals surface area contributed by atoms with Crippen molar-refractivity contribution in [1.29, 1.82) is 0 Å². The van der Waals surface area contributed by atoms with Gasteiger partial charge < -0.3 is 10.2 Å². The van der Waals surface area contributed by atoms with Gasteiger partial charge in [0.1, 0.15) is 5.82 Å². The van der Waals surface area contributed by atoms with Crippen molar-refractivity contribution >= 4 is 11.7 Å². The highest BCUT2D eigenvalue weighted by Crippen LogP contribution is 2.24. The number of rotatable bonds is 7. The maximum absolute atomic E-state index is 13.1. The van der Waals surface area contributed by atoms with Gasteiger partial charge in [0.25, 0.3) is 0 Å². The lowest BCUT2D eigenvalue weighted by molar-refractivity contribution is -0.125. The number of aromatic nitrogens is 2. The van der Waals surface area contributed by atoms with E-state index in [9.17, 15) is 9.18 Å². The standard InChI is InChI=1S/C26H29FN4O/c1-19(9-10-20-6-3-2-4-7-20)28-26(32)22-8-5-17-31(18-22)25-16-15-24(29-30-25)21-11-13-23(27)14-12-21/h2-4,6-7,11-16,19,22H,5,8-10,17-18H2,1H3,(H,28,32)/t19-,22-/m0/s1. The molecule has 1 aliphatic heterocycles. The van der Waals surface area contributed by atoms with E-state index in [0.717, 1.165) is 43.6 Å². The molecule has 3 aromatic rings. The van der Waals surface area contributed by atoms with Gasteiger partial charge in [-0.05, 0) is 74.6 Å². The summed E-state index contributed by atoms with van der Waals surface area (Å²) in [5.41, 5.74) is 2.82. The SMILES string of the molecule is C[C@@H](CCc1ccccc1)NC(=O)[C@H]1CCCN(c2ccc(-c3ccc(F)cc3)nn2)C1. The first-order chi connectivity index (χ1) is 15.6. The Morgan fingerprint density at radius 3 is 2.59 bits per heavy atom. The number of amides is 1. The van der Waals surface area contributed by atoms with Crippen LogP contribution in [0.1, 0.15) is 31.7 Å². The largest absolute Gasteiger partial charge is 0.354 e. The van der Waals surface area contributed by atoms with Crippen molar-refractivity contribution in [3.63, 3.8) is 0 Å². The predicted octanol–water partition coefficient (Wildman–Crippen LogP) is 4.64. The van der Waals surface area contributed by atoms with Crippen molar-refractivity contribution in [2.24, 2.45) is 5.92 Å². The summed E-state index contributed by atoms with van der Waals surface area (Å²) in [4.78, 5) is 15.0. The first-order valence-electron chi connectivity index (χ1n) is 11.3. The first-order valence-corrected chi connectivity index (χ1v) is 11.3. The molecule has 6 heteroatoms. The molecule has 1 aliphatic rings. The van der Waals surface area contributed by atoms with Crippen molar-refractivity contribution in [3.05, 3.63) is 78.1 Å². The van der Waals surface area contributed by atoms with E-state index in [1.807, 2.05) is 30.3 Å². The molecule has 2 aromatic carbocycles. The lowest BCUT2D eigenvalue weighted by atomic mass is 9.96. The van der Waals surface area contributed by atoms with Crippen molar-refractivity contribution in [1.82, 2.24) is 15.5 Å². The quantitative estimate of drug-likeness (QED) is 0.591. The fourth-order valence-corrected chi connectivity index (χ4v) is 4.13. The topological polar surface area (TPSA) is 58.1 Å². The Morgan fingerprint density at radius 1 is 1.09 bits per heavy atom. The molecular formula is C26H29FN4O. The molecule has 0 unspecified atom stereocenters. The third-order valence-corrected chi connectivity index (χ3v) is 6.00. The Bertz CT molecular complexity index is 1010. The van der Waals surface area contributed by atoms with E-state index >= 15 is 0 Å². The number of hydrogen-bond acceptors (Lipinski definition) is 4. The molecule has 32 heavy (non-hydrogen) atoms. The molecule has 2 heterocycles. The van der Waals surface area contributed by atoms with Crippen LogP contribution in [-0.2, 0) is 11.2 Å². The van der Waals surface area contributed by atoms with Crippen molar-refractivity contribution < 1.29 is 9.18 Å². The van der Waals surface area contributed by atoms with Gasteiger partial charge in [-0.15, -0.1) is 10.2 Å². The molecule has 166 valence electrons. The van der Waals surface area contributed by atoms with Gasteiger partial charge in [-0.3, -0.25) is 4.79 Å². The van der Waals surface area contributed by atoms with E-state index in [1.165, 1.54) is 17.7 Å². The number of hydrogen-bond donors (Lipinski definition) is 1. The number of benzene rings is 2. The van der Waals surface area contributed by atoms with Gasteiger partial charge in [-0.25, -0.2) is 4.39 Å². The second-order valence-corrected chi connectivity index (χ2v) is 8.50. The van der Waals surface area contributed by atoms with Gasteiger partial charge in [0.2, 0.25) is 5.91 Å². The maximum atomic E-state index is 13.1. The zero-order valence-corrected chi connectivity index (χ0v) is 18.4. The van der Waals surface area contributed by atoms with Crippen LogP contribution in [0.25, 0.3) is 11.3 Å². The Hall–Kier alpha value is -3.28. The van der Waals surface area contributed by atoms with E-state index in [2.05, 4.69) is 39.5 Å². The van der Waals surface area contributed by atoms with Gasteiger partial charge in [-0.1, -0.05) is 30.3 Å². The molecule has 0 bridgehead atoms. The number of piperidine rings is 1. The molecule has 1 aromatic heterocycles. The van der Waals surface area contributed by atoms with Gasteiger partial charge in [0, 0.05) is 24.7 Å². The van der Waals surface area contributed by atoms with Gasteiger partial charge >= 0.3 is 0 Å². The fraction of sp³-hybridized carbons (Fsp3) is 0.346. The Labute approximate surface area is 188 Å². The second kappa shape index (κ2) is 10.4. The Kier molecular flexibility index (Phi) is 7.10. The number of aryl methyl sites for hydroxylation is 1. The molecular weight excluding hydrogens is 403 g/mol. The number of nitrogens with zero attached hydrogens (tertiary/aromatic N) is 3. The summed E-state index contributed by atoms with van der Waals surface area (Å²) in [6, 6.07) is 20.5. The molecule has 1 saturated heterocycles. The van der Waals surface area contributed by atoms with Crippen LogP contribution in [0.4, 0.5) is 10.2 Å². The molecule has 5 nitrogen and oxygen atoms in total. The first kappa shape index (κ1) is 21.9. The number of carbonyl (C=O) groups excluding carboxylic acids is 1. The number of anilines is 1. The molecule has 0 saturated carbocycles. The summed E-state index contributed by atoms with van der Waals surface area (Å²) < 4.78 is 13.1. The average molecular weight is 433 g/mol. The summed E-state index contributed by atoms with van der Waals surface area (Å²) in [7, 11) is 0. The van der Waals surface area contributed by atoms with E-state index in [-0.39, 0.29) is 23.7 Å². The summed E-state index contributed by atoms with van der Waals surface area (Å²) in [6.45, 7) is 3.57. The van der Waals surface area contributed by atoms with Crippen LogP contribution in [0.15, 0.2) is 66.7 Å². The van der Waals surface area contributed by atoms with E-state index in [1.54, 1.807) is 12.1 Å². The van der Waals surface area contributed by atoms with E-state index in [0.29, 0.717) is 12.2 Å². The molecule has 1 fully saturated rings. The molecule has 0 spiro atoms. The summed E-state index contributed by atoms with van der Waals surface area (Å²) in [5, 5.41) is 11.9. The third kappa shape index (κ3) is 5.69. The van der Waals surface area contributed by atoms with Crippen LogP contribution in [0.3, 0.4) is 0 Å². The third-order valence-electron chi connectivity index (χ3n) is 6.00. The second-order valence-electron chi connectivity index (χ2n) is 8.50. The molecule has 2 atom stereocenters. The highest BCUT2D eigenvalue weighted by molar-refractivity contribution is 5.79. The molecule has 0 radical (unpaired) electrons. The zero-order valence-electron chi connectivity index (χ0n) is 18.4. The predicted molar refractivity (Wildman–Crippen MR) is 125 cm³/mol. The number of carbonyl (C=O) groups is 1. The smallest absolute Gasteiger partial charge is 0.225 e. The zero-order chi connectivity index (χ0) is 22.3. The van der Waals surface area contributed by atoms with Crippen LogP contribution in [0.2, 0.25) is 0 Å². The van der Waals surface area contributed by atoms with Gasteiger partial charge in [-0.2, -0.15) is 0 Å². The van der Waals surface area contributed by atoms with Crippen LogP contribution < -0.4 is 10.2 Å². The highest BCUT2D eigenvalue weighted by Gasteiger charge is 2.27. The minimum absolute atomic E-state index is 0.0542. The Balaban J connectivity index is 1.31. The molecule has 1 amide bonds. The minimum Gasteiger partial charge on any atom is -0.354 e.